The number of nitrogens with zero attached hydrogens (tertiary/aromatic N) is 4. The van der Waals surface area contributed by atoms with E-state index in [1.807, 2.05) is 0 Å². The van der Waals surface area contributed by atoms with Crippen LogP contribution in [0, 0.1) is 0 Å². The van der Waals surface area contributed by atoms with Crippen LogP contribution in [0.25, 0.3) is 11.3 Å². The second-order valence-electron chi connectivity index (χ2n) is 4.19. The van der Waals surface area contributed by atoms with Crippen molar-refractivity contribution in [1.82, 2.24) is 19.9 Å². The first-order valence-corrected chi connectivity index (χ1v) is 6.70. The third-order valence-electron chi connectivity index (χ3n) is 2.60. The first kappa shape index (κ1) is 16.8. The number of alkyl halides is 3. The summed E-state index contributed by atoms with van der Waals surface area (Å²) in [6, 6.07) is 4.83. The molecule has 2 aromatic heterocycles. The van der Waals surface area contributed by atoms with Crippen molar-refractivity contribution in [3.8, 4) is 11.3 Å². The molecular formula is C15H10ClF3N4. The lowest BCUT2D eigenvalue weighted by Crippen LogP contribution is -2.04. The van der Waals surface area contributed by atoms with E-state index in [9.17, 15) is 13.2 Å². The summed E-state index contributed by atoms with van der Waals surface area (Å²) in [5.74, 6) is 0. The summed E-state index contributed by atoms with van der Waals surface area (Å²) in [7, 11) is 0. The highest BCUT2D eigenvalue weighted by molar-refractivity contribution is 6.29. The molecule has 0 saturated carbocycles. The Balaban J connectivity index is 0.000000229. The van der Waals surface area contributed by atoms with Gasteiger partial charge in [-0.2, -0.15) is 13.2 Å². The maximum absolute atomic E-state index is 12.3. The van der Waals surface area contributed by atoms with E-state index in [0.717, 1.165) is 12.1 Å². The van der Waals surface area contributed by atoms with Crippen LogP contribution in [0.5, 0.6) is 0 Å². The molecule has 118 valence electrons. The standard InChI is InChI=1S/C11H7F3N2.C4H3ClN2/c12-11(13,14)9-3-1-8(2-4-9)10-7-15-5-6-16-10;5-4-3-6-1-2-7-4/h1-7H;1-3H. The first-order valence-electron chi connectivity index (χ1n) is 6.32. The van der Waals surface area contributed by atoms with E-state index >= 15 is 0 Å². The zero-order valence-corrected chi connectivity index (χ0v) is 12.3. The van der Waals surface area contributed by atoms with Gasteiger partial charge in [-0.3, -0.25) is 15.0 Å². The maximum Gasteiger partial charge on any atom is 0.416 e. The molecule has 0 aliphatic rings. The van der Waals surface area contributed by atoms with Crippen molar-refractivity contribution < 1.29 is 13.2 Å². The average Bonchev–Trinajstić information content (AvgIpc) is 2.56. The second kappa shape index (κ2) is 7.64. The average molecular weight is 339 g/mol. The van der Waals surface area contributed by atoms with Gasteiger partial charge in [0.1, 0.15) is 5.15 Å². The summed E-state index contributed by atoms with van der Waals surface area (Å²) in [6.45, 7) is 0. The first-order chi connectivity index (χ1) is 11.0. The molecule has 0 bridgehead atoms. The Kier molecular flexibility index (Phi) is 5.59. The van der Waals surface area contributed by atoms with Crippen molar-refractivity contribution in [2.75, 3.05) is 0 Å². The fourth-order valence-electron chi connectivity index (χ4n) is 1.56. The quantitative estimate of drug-likeness (QED) is 0.664. The summed E-state index contributed by atoms with van der Waals surface area (Å²) in [6.07, 6.45) is 4.81. The molecule has 2 heterocycles. The van der Waals surface area contributed by atoms with Crippen LogP contribution in [0.4, 0.5) is 13.2 Å². The van der Waals surface area contributed by atoms with Gasteiger partial charge in [-0.15, -0.1) is 0 Å². The van der Waals surface area contributed by atoms with Gasteiger partial charge in [0, 0.05) is 30.4 Å². The predicted molar refractivity (Wildman–Crippen MR) is 79.5 cm³/mol. The minimum absolute atomic E-state index is 0.433. The Bertz CT molecular complexity index is 719. The Morgan fingerprint density at radius 2 is 1.39 bits per heavy atom. The van der Waals surface area contributed by atoms with Gasteiger partial charge in [-0.25, -0.2) is 4.98 Å². The van der Waals surface area contributed by atoms with Crippen LogP contribution in [-0.2, 0) is 6.18 Å². The van der Waals surface area contributed by atoms with Gasteiger partial charge in [0.15, 0.2) is 0 Å². The van der Waals surface area contributed by atoms with Crippen LogP contribution in [-0.4, -0.2) is 19.9 Å². The van der Waals surface area contributed by atoms with Crippen LogP contribution >= 0.6 is 11.6 Å². The van der Waals surface area contributed by atoms with E-state index in [1.165, 1.54) is 36.9 Å². The molecule has 3 aromatic rings. The normalized spacial score (nSPS) is 10.6. The molecule has 3 rings (SSSR count). The van der Waals surface area contributed by atoms with Gasteiger partial charge in [0.25, 0.3) is 0 Å². The number of benzene rings is 1. The molecule has 8 heteroatoms. The van der Waals surface area contributed by atoms with E-state index < -0.39 is 11.7 Å². The van der Waals surface area contributed by atoms with E-state index in [0.29, 0.717) is 16.4 Å². The van der Waals surface area contributed by atoms with Crippen LogP contribution in [0.3, 0.4) is 0 Å². The summed E-state index contributed by atoms with van der Waals surface area (Å²) >= 11 is 5.37. The molecule has 0 unspecified atom stereocenters. The smallest absolute Gasteiger partial charge is 0.261 e. The molecule has 0 atom stereocenters. The Morgan fingerprint density at radius 3 is 1.78 bits per heavy atom. The van der Waals surface area contributed by atoms with Crippen molar-refractivity contribution in [3.05, 3.63) is 72.2 Å². The second-order valence-corrected chi connectivity index (χ2v) is 4.58. The van der Waals surface area contributed by atoms with E-state index in [1.54, 1.807) is 12.4 Å². The zero-order chi connectivity index (χ0) is 16.7. The van der Waals surface area contributed by atoms with Crippen molar-refractivity contribution in [3.63, 3.8) is 0 Å². The van der Waals surface area contributed by atoms with E-state index in [4.69, 9.17) is 11.6 Å². The number of hydrogen-bond donors (Lipinski definition) is 0. The Labute approximate surface area is 135 Å². The van der Waals surface area contributed by atoms with Crippen LogP contribution < -0.4 is 0 Å². The monoisotopic (exact) mass is 338 g/mol. The Hall–Kier alpha value is -2.54. The SMILES string of the molecule is Clc1cnccn1.FC(F)(F)c1ccc(-c2cnccn2)cc1. The molecule has 23 heavy (non-hydrogen) atoms. The zero-order valence-electron chi connectivity index (χ0n) is 11.6. The fourth-order valence-corrected chi connectivity index (χ4v) is 1.67. The topological polar surface area (TPSA) is 51.6 Å². The molecule has 4 nitrogen and oxygen atoms in total. The highest BCUT2D eigenvalue weighted by Crippen LogP contribution is 2.30. The summed E-state index contributed by atoms with van der Waals surface area (Å²) in [4.78, 5) is 15.2. The molecule has 0 radical (unpaired) electrons. The Morgan fingerprint density at radius 1 is 0.783 bits per heavy atom. The third kappa shape index (κ3) is 5.30. The maximum atomic E-state index is 12.3. The number of rotatable bonds is 1. The van der Waals surface area contributed by atoms with Gasteiger partial charge in [-0.05, 0) is 12.1 Å². The molecule has 0 amide bonds. The summed E-state index contributed by atoms with van der Waals surface area (Å²) < 4.78 is 36.9. The molecule has 0 aliphatic carbocycles. The summed E-state index contributed by atoms with van der Waals surface area (Å²) in [5, 5.41) is 0.433. The lowest BCUT2D eigenvalue weighted by Gasteiger charge is -2.06. The van der Waals surface area contributed by atoms with Gasteiger partial charge in [-0.1, -0.05) is 23.7 Å². The molecule has 0 aliphatic heterocycles. The largest absolute Gasteiger partial charge is 0.416 e. The van der Waals surface area contributed by atoms with Crippen molar-refractivity contribution in [1.29, 1.82) is 0 Å². The lowest BCUT2D eigenvalue weighted by atomic mass is 10.1. The molecule has 0 N–H and O–H groups in total. The van der Waals surface area contributed by atoms with Gasteiger partial charge < -0.3 is 0 Å². The van der Waals surface area contributed by atoms with Gasteiger partial charge >= 0.3 is 6.18 Å². The summed E-state index contributed by atoms with van der Waals surface area (Å²) in [5.41, 5.74) is 0.498. The molecule has 1 aromatic carbocycles. The molecule has 0 saturated heterocycles. The number of halogens is 4. The molecule has 0 fully saturated rings. The highest BCUT2D eigenvalue weighted by Gasteiger charge is 2.29. The predicted octanol–water partition coefficient (Wildman–Crippen LogP) is 4.29. The van der Waals surface area contributed by atoms with Crippen LogP contribution in [0.15, 0.2) is 61.4 Å². The van der Waals surface area contributed by atoms with Crippen LogP contribution in [0.1, 0.15) is 5.56 Å². The van der Waals surface area contributed by atoms with E-state index in [-0.39, 0.29) is 0 Å². The van der Waals surface area contributed by atoms with Crippen molar-refractivity contribution >= 4 is 11.6 Å². The van der Waals surface area contributed by atoms with Gasteiger partial charge in [0.05, 0.1) is 23.7 Å². The number of hydrogen-bond acceptors (Lipinski definition) is 4. The third-order valence-corrected chi connectivity index (χ3v) is 2.80. The lowest BCUT2D eigenvalue weighted by molar-refractivity contribution is -0.137. The number of aromatic nitrogens is 4. The van der Waals surface area contributed by atoms with Gasteiger partial charge in [0.2, 0.25) is 0 Å². The molecular weight excluding hydrogens is 329 g/mol. The van der Waals surface area contributed by atoms with Crippen molar-refractivity contribution in [2.45, 2.75) is 6.18 Å². The molecule has 0 spiro atoms. The highest BCUT2D eigenvalue weighted by atomic mass is 35.5. The van der Waals surface area contributed by atoms with Crippen LogP contribution in [0.2, 0.25) is 5.15 Å². The van der Waals surface area contributed by atoms with E-state index in [2.05, 4.69) is 19.9 Å². The minimum Gasteiger partial charge on any atom is -0.261 e. The fraction of sp³-hybridized carbons (Fsp3) is 0.0667. The van der Waals surface area contributed by atoms with Crippen molar-refractivity contribution in [2.24, 2.45) is 0 Å². The minimum atomic E-state index is -4.30.